The van der Waals surface area contributed by atoms with Gasteiger partial charge in [0, 0.05) is 25.8 Å². The molecule has 0 bridgehead atoms. The second-order valence-electron chi connectivity index (χ2n) is 5.34. The van der Waals surface area contributed by atoms with Gasteiger partial charge in [0.1, 0.15) is 0 Å². The zero-order chi connectivity index (χ0) is 30.4. The maximum Gasteiger partial charge on any atom is 0.230 e. The lowest BCUT2D eigenvalue weighted by molar-refractivity contribution is -0.115. The molecule has 2 aromatic carbocycles. The third-order valence-corrected chi connectivity index (χ3v) is 3.89. The van der Waals surface area contributed by atoms with Crippen LogP contribution in [0, 0.1) is 0 Å². The summed E-state index contributed by atoms with van der Waals surface area (Å²) in [6.07, 6.45) is -7.19. The maximum atomic E-state index is 12.5. The van der Waals surface area contributed by atoms with Crippen LogP contribution in [0.4, 0.5) is 10.8 Å². The summed E-state index contributed by atoms with van der Waals surface area (Å²) in [5.41, 5.74) is 4.42. The van der Waals surface area contributed by atoms with Crippen LogP contribution >= 0.6 is 11.3 Å². The molecule has 0 aliphatic rings. The highest BCUT2D eigenvalue weighted by molar-refractivity contribution is 7.13. The van der Waals surface area contributed by atoms with E-state index in [4.69, 9.17) is 22.2 Å². The number of anilines is 2. The Bertz CT molecular complexity index is 1400. The number of thiazole rings is 1. The van der Waals surface area contributed by atoms with Crippen LogP contribution in [0.2, 0.25) is 0 Å². The molecule has 5 N–H and O–H groups in total. The molecular formula is C21H24N4O2S. The van der Waals surface area contributed by atoms with Gasteiger partial charge in [-0.2, -0.15) is 0 Å². The summed E-state index contributed by atoms with van der Waals surface area (Å²) in [7, 11) is 0. The van der Waals surface area contributed by atoms with Crippen LogP contribution in [-0.2, 0) is 17.5 Å². The smallest absolute Gasteiger partial charge is 0.230 e. The molecular weight excluding hydrogens is 372 g/mol. The summed E-state index contributed by atoms with van der Waals surface area (Å²) in [5, 5.41) is 14.6. The summed E-state index contributed by atoms with van der Waals surface area (Å²) in [5.74, 6) is -1.15. The molecule has 146 valence electrons. The van der Waals surface area contributed by atoms with Crippen molar-refractivity contribution in [1.82, 2.24) is 10.3 Å². The maximum absolute atomic E-state index is 12.5. The van der Waals surface area contributed by atoms with E-state index >= 15 is 0 Å². The molecule has 0 unspecified atom stereocenters. The van der Waals surface area contributed by atoms with Crippen molar-refractivity contribution in [3.05, 3.63) is 76.7 Å². The number of aliphatic hydroxyl groups excluding tert-OH is 1. The quantitative estimate of drug-likeness (QED) is 0.436. The van der Waals surface area contributed by atoms with Crippen molar-refractivity contribution in [2.45, 2.75) is 18.8 Å². The number of nitrogens with two attached hydrogens (primary N) is 1. The van der Waals surface area contributed by atoms with Gasteiger partial charge in [0.05, 0.1) is 26.4 Å². The molecule has 0 fully saturated rings. The Morgan fingerprint density at radius 1 is 1.29 bits per heavy atom. The van der Waals surface area contributed by atoms with E-state index in [2.05, 4.69) is 15.6 Å². The topological polar surface area (TPSA) is 100 Å². The first-order valence-electron chi connectivity index (χ1n) is 14.0. The first kappa shape index (κ1) is 9.65. The predicted octanol–water partition coefficient (Wildman–Crippen LogP) is 2.77. The Kier molecular flexibility index (Phi) is 3.44. The zero-order valence-electron chi connectivity index (χ0n) is 26.4. The number of amides is 1. The fourth-order valence-corrected chi connectivity index (χ4v) is 2.44. The number of nitrogens with zero attached hydrogens (tertiary/aromatic N) is 1. The number of hydrogen-bond acceptors (Lipinski definition) is 6. The molecule has 6 nitrogen and oxygen atoms in total. The van der Waals surface area contributed by atoms with Crippen LogP contribution in [-0.4, -0.2) is 29.0 Å². The predicted molar refractivity (Wildman–Crippen MR) is 113 cm³/mol. The van der Waals surface area contributed by atoms with Crippen LogP contribution in [0.3, 0.4) is 0 Å². The van der Waals surface area contributed by atoms with Gasteiger partial charge in [-0.25, -0.2) is 4.98 Å². The Balaban J connectivity index is 1.74. The van der Waals surface area contributed by atoms with E-state index in [1.165, 1.54) is 12.1 Å². The summed E-state index contributed by atoms with van der Waals surface area (Å²) in [4.78, 5) is 16.2. The van der Waals surface area contributed by atoms with Gasteiger partial charge in [-0.05, 0) is 36.1 Å². The van der Waals surface area contributed by atoms with Crippen LogP contribution in [0.15, 0.2) is 59.8 Å². The number of aryl methyl sites for hydroxylation is 1. The first-order valence-corrected chi connectivity index (χ1v) is 8.79. The van der Waals surface area contributed by atoms with Crippen molar-refractivity contribution >= 4 is 28.1 Å². The molecule has 0 aliphatic carbocycles. The van der Waals surface area contributed by atoms with E-state index in [9.17, 15) is 9.90 Å². The largest absolute Gasteiger partial charge is 0.387 e. The van der Waals surface area contributed by atoms with Gasteiger partial charge in [0.2, 0.25) is 5.91 Å². The van der Waals surface area contributed by atoms with Gasteiger partial charge in [0.15, 0.2) is 5.13 Å². The molecule has 7 heteroatoms. The Morgan fingerprint density at radius 2 is 2.04 bits per heavy atom. The standard InChI is InChI=1S/C21H24N4O2S/c22-21-25-18(14-28-21)12-20(27)24-17-8-6-15(7-9-17)10-11-23-13-19(26)16-4-2-1-3-5-16/h1-9,14,19,23,26H,10-13H2,(H2,22,25)(H,24,27)/t19-/m1/s1/i1D,2D,3D,4D,5D,10D2,11D2,12D2,14D. The number of benzene rings is 2. The molecule has 0 radical (unpaired) electrons. The minimum absolute atomic E-state index is 0.0493. The van der Waals surface area contributed by atoms with E-state index in [0.29, 0.717) is 11.3 Å². The Morgan fingerprint density at radius 3 is 2.71 bits per heavy atom. The highest BCUT2D eigenvalue weighted by atomic mass is 32.1. The van der Waals surface area contributed by atoms with E-state index in [1.54, 1.807) is 0 Å². The number of aromatic nitrogens is 1. The second kappa shape index (κ2) is 9.98. The van der Waals surface area contributed by atoms with Crippen LogP contribution < -0.4 is 16.4 Å². The molecule has 0 saturated heterocycles. The van der Waals surface area contributed by atoms with Gasteiger partial charge in [0.25, 0.3) is 0 Å². The van der Waals surface area contributed by atoms with Crippen LogP contribution in [0.25, 0.3) is 0 Å². The van der Waals surface area contributed by atoms with Crippen molar-refractivity contribution in [3.63, 3.8) is 0 Å². The minimum Gasteiger partial charge on any atom is -0.387 e. The highest BCUT2D eigenvalue weighted by Gasteiger charge is 2.08. The van der Waals surface area contributed by atoms with Gasteiger partial charge in [-0.15, -0.1) is 11.3 Å². The lowest BCUT2D eigenvalue weighted by Crippen LogP contribution is -2.23. The van der Waals surface area contributed by atoms with Crippen molar-refractivity contribution in [1.29, 1.82) is 0 Å². The number of aliphatic hydroxyl groups is 1. The number of nitrogens with one attached hydrogen (secondary N) is 2. The number of carbonyl (C=O) groups excluding carboxylic acids is 1. The Hall–Kier alpha value is -2.74. The fourth-order valence-electron chi connectivity index (χ4n) is 2.01. The molecule has 3 aromatic rings. The second-order valence-corrected chi connectivity index (χ2v) is 6.17. The molecule has 28 heavy (non-hydrogen) atoms. The number of nitrogen functional groups attached to an aromatic ring is 1. The zero-order valence-corrected chi connectivity index (χ0v) is 15.2. The van der Waals surface area contributed by atoms with E-state index in [0.717, 1.165) is 12.1 Å². The summed E-state index contributed by atoms with van der Waals surface area (Å²) in [6, 6.07) is 1.42. The summed E-state index contributed by atoms with van der Waals surface area (Å²) >= 11 is 0.706. The molecule has 1 aromatic heterocycles. The fraction of sp³-hybridized carbons (Fsp3) is 0.238. The summed E-state index contributed by atoms with van der Waals surface area (Å²) < 4.78 is 95.9. The molecule has 1 amide bonds. The van der Waals surface area contributed by atoms with Crippen LogP contribution in [0.5, 0.6) is 0 Å². The van der Waals surface area contributed by atoms with Gasteiger partial charge < -0.3 is 21.5 Å². The summed E-state index contributed by atoms with van der Waals surface area (Å²) in [6.45, 7) is -3.53. The molecule has 1 atom stereocenters. The molecule has 3 rings (SSSR count). The molecule has 1 heterocycles. The molecule has 0 spiro atoms. The lowest BCUT2D eigenvalue weighted by Gasteiger charge is -2.12. The van der Waals surface area contributed by atoms with Crippen molar-refractivity contribution in [3.8, 4) is 0 Å². The van der Waals surface area contributed by atoms with Crippen LogP contribution in [0.1, 0.15) is 39.4 Å². The molecule has 0 saturated carbocycles. The highest BCUT2D eigenvalue weighted by Crippen LogP contribution is 2.14. The first-order chi connectivity index (χ1) is 18.3. The van der Waals surface area contributed by atoms with Gasteiger partial charge in [-0.1, -0.05) is 42.3 Å². The normalized spacial score (nSPS) is 19.6. The monoisotopic (exact) mass is 408 g/mol. The van der Waals surface area contributed by atoms with E-state index in [-0.39, 0.29) is 21.7 Å². The average Bonchev–Trinajstić information content (AvgIpc) is 3.23. The average molecular weight is 409 g/mol. The minimum atomic E-state index is -2.83. The Labute approximate surface area is 185 Å². The lowest BCUT2D eigenvalue weighted by atomic mass is 10.1. The van der Waals surface area contributed by atoms with E-state index in [1.807, 2.05) is 0 Å². The number of carbonyl (C=O) groups is 1. The van der Waals surface area contributed by atoms with Crippen molar-refractivity contribution in [2.24, 2.45) is 0 Å². The number of hydrogen-bond donors (Lipinski definition) is 4. The number of rotatable bonds is 9. The van der Waals surface area contributed by atoms with Crippen molar-refractivity contribution in [2.75, 3.05) is 24.1 Å². The van der Waals surface area contributed by atoms with Gasteiger partial charge >= 0.3 is 0 Å². The molecule has 0 aliphatic heterocycles. The SMILES string of the molecule is [2H]c1sc(N)nc1C([2H])([2H])C(=O)Nc1ccc(C([2H])([2H])C([2H])([2H])NC[C@@H](O)c2c([2H])c([2H])c([2H])c([2H])c2[2H])cc1. The third kappa shape index (κ3) is 6.16. The van der Waals surface area contributed by atoms with Gasteiger partial charge in [-0.3, -0.25) is 4.79 Å². The third-order valence-electron chi connectivity index (χ3n) is 3.29. The van der Waals surface area contributed by atoms with E-state index < -0.39 is 79.3 Å². The van der Waals surface area contributed by atoms with Crippen molar-refractivity contribution < 1.29 is 26.4 Å².